The lowest BCUT2D eigenvalue weighted by Crippen LogP contribution is -2.10. The van der Waals surface area contributed by atoms with Crippen molar-refractivity contribution in [3.63, 3.8) is 0 Å². The zero-order valence-corrected chi connectivity index (χ0v) is 37.1. The first kappa shape index (κ1) is 40.7. The Balaban J connectivity index is 1.20. The lowest BCUT2D eigenvalue weighted by Gasteiger charge is -2.26. The zero-order chi connectivity index (χ0) is 44.1. The summed E-state index contributed by atoms with van der Waals surface area (Å²) in [6, 6.07) is 49.3. The largest absolute Gasteiger partial charge is 0.497 e. The minimum atomic E-state index is -1.22. The molecule has 0 amide bonds. The number of nitrogens with zero attached hydrogens (tertiary/aromatic N) is 3. The van der Waals surface area contributed by atoms with Gasteiger partial charge < -0.3 is 24.0 Å². The third kappa shape index (κ3) is 6.84. The van der Waals surface area contributed by atoms with Crippen LogP contribution < -0.4 is 14.4 Å². The number of hydrogen-bond acceptors (Lipinski definition) is 6. The SMILES string of the molecule is CCCCC(CC)Cn1c2cc(-c3ccc(N(c4ccc(OC)cc4)c4ccc(OC)cc4)cc3)c3cccc4c5cccc6c(-c7ccc(/C=C(/C#N)C(=O)O)s7)cc1c(c65)c2c34. The molecule has 0 aliphatic carbocycles. The van der Waals surface area contributed by atoms with Gasteiger partial charge in [0.2, 0.25) is 0 Å². The number of fused-ring (bicyclic) bond motifs is 1. The van der Waals surface area contributed by atoms with Crippen LogP contribution in [0.25, 0.3) is 81.8 Å². The maximum Gasteiger partial charge on any atom is 0.346 e. The molecular weight excluding hydrogens is 811 g/mol. The van der Waals surface area contributed by atoms with Gasteiger partial charge in [-0.1, -0.05) is 81.6 Å². The highest BCUT2D eigenvalue weighted by molar-refractivity contribution is 7.16. The summed E-state index contributed by atoms with van der Waals surface area (Å²) in [7, 11) is 3.37. The number of nitriles is 1. The molecular formula is C56H47N3O4S. The van der Waals surface area contributed by atoms with Gasteiger partial charge in [0, 0.05) is 60.5 Å². The van der Waals surface area contributed by atoms with Gasteiger partial charge in [0.1, 0.15) is 23.1 Å². The molecule has 0 saturated carbocycles. The maximum atomic E-state index is 11.8. The van der Waals surface area contributed by atoms with Gasteiger partial charge in [-0.15, -0.1) is 11.3 Å². The number of aliphatic carboxylic acids is 1. The molecule has 316 valence electrons. The number of unbranched alkanes of at least 4 members (excludes halogenated alkanes) is 1. The van der Waals surface area contributed by atoms with Gasteiger partial charge in [0.15, 0.2) is 0 Å². The van der Waals surface area contributed by atoms with Crippen molar-refractivity contribution in [1.82, 2.24) is 4.57 Å². The van der Waals surface area contributed by atoms with Crippen LogP contribution in [0.15, 0.2) is 139 Å². The summed E-state index contributed by atoms with van der Waals surface area (Å²) < 4.78 is 13.6. The van der Waals surface area contributed by atoms with E-state index in [1.807, 2.05) is 36.4 Å². The Labute approximate surface area is 376 Å². The van der Waals surface area contributed by atoms with Gasteiger partial charge in [-0.05, 0) is 136 Å². The fourth-order valence-electron chi connectivity index (χ4n) is 9.81. The molecule has 0 saturated heterocycles. The summed E-state index contributed by atoms with van der Waals surface area (Å²) in [5.74, 6) is 0.886. The molecule has 64 heavy (non-hydrogen) atoms. The number of benzene rings is 8. The molecule has 1 unspecified atom stereocenters. The molecule has 10 aromatic rings. The lowest BCUT2D eigenvalue weighted by atomic mass is 9.86. The number of hydrogen-bond donors (Lipinski definition) is 1. The molecule has 8 heteroatoms. The summed E-state index contributed by atoms with van der Waals surface area (Å²) in [5, 5.41) is 29.1. The van der Waals surface area contributed by atoms with Crippen LogP contribution in [0.4, 0.5) is 17.1 Å². The van der Waals surface area contributed by atoms with Crippen molar-refractivity contribution in [3.8, 4) is 39.1 Å². The molecule has 0 fully saturated rings. The summed E-state index contributed by atoms with van der Waals surface area (Å²) in [6.45, 7) is 5.49. The first-order valence-electron chi connectivity index (χ1n) is 22.0. The Kier molecular flexibility index (Phi) is 10.7. The van der Waals surface area contributed by atoms with Crippen LogP contribution in [0, 0.1) is 17.2 Å². The maximum absolute atomic E-state index is 11.8. The van der Waals surface area contributed by atoms with E-state index in [1.54, 1.807) is 14.2 Å². The van der Waals surface area contributed by atoms with E-state index in [9.17, 15) is 15.2 Å². The Morgan fingerprint density at radius 1 is 0.719 bits per heavy atom. The molecule has 0 aliphatic heterocycles. The topological polar surface area (TPSA) is 87.7 Å². The Morgan fingerprint density at radius 3 is 1.77 bits per heavy atom. The molecule has 2 aromatic heterocycles. The molecule has 0 spiro atoms. The number of methoxy groups -OCH3 is 2. The Hall–Kier alpha value is -7.34. The summed E-state index contributed by atoms with van der Waals surface area (Å²) in [4.78, 5) is 15.8. The second kappa shape index (κ2) is 16.7. The van der Waals surface area contributed by atoms with Gasteiger partial charge in [-0.3, -0.25) is 0 Å². The Morgan fingerprint density at radius 2 is 1.25 bits per heavy atom. The van der Waals surface area contributed by atoms with Crippen molar-refractivity contribution < 1.29 is 19.4 Å². The van der Waals surface area contributed by atoms with Crippen LogP contribution in [0.1, 0.15) is 44.4 Å². The van der Waals surface area contributed by atoms with Crippen LogP contribution in [0.5, 0.6) is 11.5 Å². The molecule has 7 nitrogen and oxygen atoms in total. The van der Waals surface area contributed by atoms with E-state index >= 15 is 0 Å². The van der Waals surface area contributed by atoms with Gasteiger partial charge in [-0.2, -0.15) is 5.26 Å². The van der Waals surface area contributed by atoms with Crippen molar-refractivity contribution in [3.05, 3.63) is 144 Å². The van der Waals surface area contributed by atoms with Crippen molar-refractivity contribution >= 4 is 94.6 Å². The molecule has 0 bridgehead atoms. The van der Waals surface area contributed by atoms with Crippen molar-refractivity contribution in [2.45, 2.75) is 46.1 Å². The Bertz CT molecular complexity index is 3340. The van der Waals surface area contributed by atoms with E-state index in [2.05, 4.69) is 126 Å². The highest BCUT2D eigenvalue weighted by atomic mass is 32.1. The van der Waals surface area contributed by atoms with Crippen LogP contribution in [0.2, 0.25) is 0 Å². The third-order valence-electron chi connectivity index (χ3n) is 13.0. The number of carboxylic acid groups (broad SMARTS) is 1. The van der Waals surface area contributed by atoms with Crippen LogP contribution in [0.3, 0.4) is 0 Å². The normalized spacial score (nSPS) is 12.5. The summed E-state index contributed by atoms with van der Waals surface area (Å²) >= 11 is 1.52. The van der Waals surface area contributed by atoms with Crippen LogP contribution in [-0.2, 0) is 11.3 Å². The van der Waals surface area contributed by atoms with Crippen molar-refractivity contribution in [1.29, 1.82) is 5.26 Å². The second-order valence-corrected chi connectivity index (χ2v) is 17.7. The van der Waals surface area contributed by atoms with Crippen LogP contribution in [-0.4, -0.2) is 29.9 Å². The first-order valence-corrected chi connectivity index (χ1v) is 22.8. The van der Waals surface area contributed by atoms with E-state index in [-0.39, 0.29) is 5.57 Å². The van der Waals surface area contributed by atoms with Crippen molar-refractivity contribution in [2.75, 3.05) is 19.1 Å². The smallest absolute Gasteiger partial charge is 0.346 e. The average molecular weight is 858 g/mol. The molecule has 10 rings (SSSR count). The lowest BCUT2D eigenvalue weighted by molar-refractivity contribution is -0.132. The number of ether oxygens (including phenoxy) is 2. The standard InChI is InChI=1S/C56H47N3O4S/c1-5-7-10-34(6-2)33-58-49-30-47(35-15-17-37(18-16-35)59(38-19-23-40(62-3)24-20-38)39-21-25-41(63-4)26-22-39)45-13-8-11-43-44-12-9-14-46-48(31-50(58)55(53(44)46)54(49)52(43)45)51-28-27-42(64-51)29-36(32-57)56(60)61/h8-9,11-31,34H,5-7,10,33H2,1-4H3,(H,60,61)/b36-29-. The van der Waals surface area contributed by atoms with E-state index in [0.29, 0.717) is 5.92 Å². The molecule has 8 aromatic carbocycles. The fourth-order valence-corrected chi connectivity index (χ4v) is 10.8. The predicted molar refractivity (Wildman–Crippen MR) is 265 cm³/mol. The van der Waals surface area contributed by atoms with E-state index in [0.717, 1.165) is 75.2 Å². The van der Waals surface area contributed by atoms with Crippen molar-refractivity contribution in [2.24, 2.45) is 5.92 Å². The number of carboxylic acids is 1. The van der Waals surface area contributed by atoms with Gasteiger partial charge in [0.05, 0.1) is 25.3 Å². The minimum absolute atomic E-state index is 0.277. The quantitative estimate of drug-likeness (QED) is 0.0478. The van der Waals surface area contributed by atoms with E-state index in [4.69, 9.17) is 9.47 Å². The van der Waals surface area contributed by atoms with Gasteiger partial charge in [-0.25, -0.2) is 4.79 Å². The second-order valence-electron chi connectivity index (χ2n) is 16.6. The number of thiophene rings is 1. The first-order chi connectivity index (χ1) is 31.3. The monoisotopic (exact) mass is 857 g/mol. The number of carbonyl (C=O) groups is 1. The average Bonchev–Trinajstić information content (AvgIpc) is 3.94. The van der Waals surface area contributed by atoms with E-state index in [1.165, 1.54) is 83.5 Å². The van der Waals surface area contributed by atoms with Gasteiger partial charge in [0.25, 0.3) is 0 Å². The summed E-state index contributed by atoms with van der Waals surface area (Å²) in [5.41, 5.74) is 8.69. The molecule has 0 aliphatic rings. The number of aromatic nitrogens is 1. The van der Waals surface area contributed by atoms with Gasteiger partial charge >= 0.3 is 5.97 Å². The zero-order valence-electron chi connectivity index (χ0n) is 36.3. The van der Waals surface area contributed by atoms with Crippen LogP contribution >= 0.6 is 11.3 Å². The molecule has 1 N–H and O–H groups in total. The number of anilines is 3. The highest BCUT2D eigenvalue weighted by Gasteiger charge is 2.27. The fraction of sp³-hybridized carbons (Fsp3) is 0.179. The minimum Gasteiger partial charge on any atom is -0.497 e. The molecule has 0 radical (unpaired) electrons. The predicted octanol–water partition coefficient (Wildman–Crippen LogP) is 15.2. The summed E-state index contributed by atoms with van der Waals surface area (Å²) in [6.07, 6.45) is 6.07. The highest BCUT2D eigenvalue weighted by Crippen LogP contribution is 2.52. The third-order valence-corrected chi connectivity index (χ3v) is 14.1. The van der Waals surface area contributed by atoms with E-state index < -0.39 is 5.97 Å². The molecule has 2 heterocycles. The molecule has 1 atom stereocenters. The number of rotatable bonds is 15.